The molecule has 0 aromatic rings. The zero-order valence-electron chi connectivity index (χ0n) is 9.88. The van der Waals surface area contributed by atoms with Crippen LogP contribution < -0.4 is 14.8 Å². The summed E-state index contributed by atoms with van der Waals surface area (Å²) in [6.07, 6.45) is 2.09. The molecule has 96 valence electrons. The van der Waals surface area contributed by atoms with Crippen molar-refractivity contribution in [1.29, 1.82) is 0 Å². The number of methoxy groups -OCH3 is 1. The Labute approximate surface area is 97.3 Å². The van der Waals surface area contributed by atoms with Gasteiger partial charge in [0, 0.05) is 25.7 Å². The van der Waals surface area contributed by atoms with Crippen LogP contribution >= 0.6 is 0 Å². The zero-order valence-corrected chi connectivity index (χ0v) is 10.7. The Morgan fingerprint density at radius 2 is 2.19 bits per heavy atom. The molecule has 0 amide bonds. The average molecular weight is 251 g/mol. The zero-order chi connectivity index (χ0) is 12.1. The minimum absolute atomic E-state index is 0.115. The maximum Gasteiger partial charge on any atom is 0.277 e. The highest BCUT2D eigenvalue weighted by Crippen LogP contribution is 2.17. The summed E-state index contributed by atoms with van der Waals surface area (Å²) in [4.78, 5) is 0. The molecule has 3 N–H and O–H groups in total. The Kier molecular flexibility index (Phi) is 5.13. The topological polar surface area (TPSA) is 79.5 Å². The van der Waals surface area contributed by atoms with Crippen molar-refractivity contribution < 1.29 is 13.2 Å². The van der Waals surface area contributed by atoms with Gasteiger partial charge in [0.15, 0.2) is 0 Å². The molecule has 1 unspecified atom stereocenters. The van der Waals surface area contributed by atoms with E-state index in [0.29, 0.717) is 13.2 Å². The van der Waals surface area contributed by atoms with Gasteiger partial charge in [-0.2, -0.15) is 13.1 Å². The molecule has 16 heavy (non-hydrogen) atoms. The third-order valence-electron chi connectivity index (χ3n) is 2.71. The van der Waals surface area contributed by atoms with E-state index in [0.717, 1.165) is 19.4 Å². The molecule has 0 saturated carbocycles. The minimum Gasteiger partial charge on any atom is -0.383 e. The van der Waals surface area contributed by atoms with E-state index in [-0.39, 0.29) is 12.1 Å². The van der Waals surface area contributed by atoms with Crippen molar-refractivity contribution in [3.63, 3.8) is 0 Å². The molecular formula is C9H21N3O3S. The Balaban J connectivity index is 2.30. The molecule has 1 heterocycles. The fourth-order valence-electron chi connectivity index (χ4n) is 1.69. The van der Waals surface area contributed by atoms with E-state index in [1.54, 1.807) is 0 Å². The van der Waals surface area contributed by atoms with Crippen molar-refractivity contribution in [1.82, 2.24) is 14.8 Å². The smallest absolute Gasteiger partial charge is 0.277 e. The molecule has 1 aliphatic rings. The Morgan fingerprint density at radius 1 is 1.44 bits per heavy atom. The van der Waals surface area contributed by atoms with Gasteiger partial charge in [0.05, 0.1) is 6.61 Å². The van der Waals surface area contributed by atoms with E-state index < -0.39 is 10.2 Å². The predicted molar refractivity (Wildman–Crippen MR) is 62.4 cm³/mol. The first-order valence-corrected chi connectivity index (χ1v) is 6.94. The van der Waals surface area contributed by atoms with E-state index in [9.17, 15) is 8.42 Å². The summed E-state index contributed by atoms with van der Waals surface area (Å²) in [6.45, 7) is 4.05. The quantitative estimate of drug-likeness (QED) is 0.518. The highest BCUT2D eigenvalue weighted by atomic mass is 32.2. The van der Waals surface area contributed by atoms with Gasteiger partial charge in [0.2, 0.25) is 0 Å². The van der Waals surface area contributed by atoms with E-state index in [1.165, 1.54) is 7.11 Å². The van der Waals surface area contributed by atoms with Crippen molar-refractivity contribution in [2.45, 2.75) is 25.3 Å². The van der Waals surface area contributed by atoms with Crippen LogP contribution in [0.3, 0.4) is 0 Å². The van der Waals surface area contributed by atoms with Gasteiger partial charge in [-0.3, -0.25) is 0 Å². The maximum absolute atomic E-state index is 11.5. The van der Waals surface area contributed by atoms with Crippen LogP contribution in [0.15, 0.2) is 0 Å². The lowest BCUT2D eigenvalue weighted by Crippen LogP contribution is -2.50. The third-order valence-corrected chi connectivity index (χ3v) is 3.82. The molecule has 1 rings (SSSR count). The fourth-order valence-corrected chi connectivity index (χ4v) is 2.65. The second-order valence-corrected chi connectivity index (χ2v) is 5.89. The molecule has 6 nitrogen and oxygen atoms in total. The van der Waals surface area contributed by atoms with E-state index in [1.807, 2.05) is 6.92 Å². The number of nitrogens with one attached hydrogen (secondary N) is 3. The lowest BCUT2D eigenvalue weighted by atomic mass is 10.0. The first kappa shape index (κ1) is 13.9. The largest absolute Gasteiger partial charge is 0.383 e. The fraction of sp³-hybridized carbons (Fsp3) is 1.00. The molecule has 1 saturated heterocycles. The maximum atomic E-state index is 11.5. The lowest BCUT2D eigenvalue weighted by molar-refractivity contribution is 0.204. The first-order chi connectivity index (χ1) is 7.47. The standard InChI is InChI=1S/C9H21N3O3S/c1-9(4-3-5-10-9)8-12-16(13,14)11-6-7-15-2/h10-12H,3-8H2,1-2H3. The highest BCUT2D eigenvalue weighted by Gasteiger charge is 2.29. The van der Waals surface area contributed by atoms with Crippen LogP contribution in [-0.2, 0) is 14.9 Å². The third kappa shape index (κ3) is 4.75. The molecule has 0 radical (unpaired) electrons. The lowest BCUT2D eigenvalue weighted by Gasteiger charge is -2.24. The van der Waals surface area contributed by atoms with Crippen LogP contribution in [0.5, 0.6) is 0 Å². The van der Waals surface area contributed by atoms with Crippen LogP contribution in [0, 0.1) is 0 Å². The van der Waals surface area contributed by atoms with Gasteiger partial charge in [0.1, 0.15) is 0 Å². The van der Waals surface area contributed by atoms with Crippen LogP contribution in [0.4, 0.5) is 0 Å². The number of ether oxygens (including phenoxy) is 1. The monoisotopic (exact) mass is 251 g/mol. The normalized spacial score (nSPS) is 26.1. The summed E-state index contributed by atoms with van der Waals surface area (Å²) in [6, 6.07) is 0. The summed E-state index contributed by atoms with van der Waals surface area (Å²) in [5, 5.41) is 3.29. The molecule has 0 bridgehead atoms. The molecule has 7 heteroatoms. The molecule has 0 spiro atoms. The SMILES string of the molecule is COCCNS(=O)(=O)NCC1(C)CCCN1. The second-order valence-electron chi connectivity index (χ2n) is 4.30. The second kappa shape index (κ2) is 5.92. The van der Waals surface area contributed by atoms with Crippen LogP contribution in [-0.4, -0.2) is 47.3 Å². The molecule has 1 aliphatic heterocycles. The summed E-state index contributed by atoms with van der Waals surface area (Å²) >= 11 is 0. The van der Waals surface area contributed by atoms with Gasteiger partial charge in [0.25, 0.3) is 10.2 Å². The first-order valence-electron chi connectivity index (χ1n) is 5.46. The van der Waals surface area contributed by atoms with Gasteiger partial charge in [-0.1, -0.05) is 0 Å². The number of rotatable bonds is 7. The van der Waals surface area contributed by atoms with Gasteiger partial charge in [-0.05, 0) is 26.3 Å². The van der Waals surface area contributed by atoms with E-state index in [4.69, 9.17) is 4.74 Å². The molecule has 0 aliphatic carbocycles. The highest BCUT2D eigenvalue weighted by molar-refractivity contribution is 7.87. The molecule has 0 aromatic carbocycles. The van der Waals surface area contributed by atoms with E-state index >= 15 is 0 Å². The predicted octanol–water partition coefficient (Wildman–Crippen LogP) is -0.801. The summed E-state index contributed by atoms with van der Waals surface area (Å²) in [5.74, 6) is 0. The number of hydrogen-bond donors (Lipinski definition) is 3. The Bertz CT molecular complexity index is 299. The van der Waals surface area contributed by atoms with Crippen LogP contribution in [0.2, 0.25) is 0 Å². The minimum atomic E-state index is -3.40. The van der Waals surface area contributed by atoms with Crippen LogP contribution in [0.1, 0.15) is 19.8 Å². The summed E-state index contributed by atoms with van der Waals surface area (Å²) in [7, 11) is -1.87. The van der Waals surface area contributed by atoms with Crippen molar-refractivity contribution >= 4 is 10.2 Å². The van der Waals surface area contributed by atoms with Gasteiger partial charge >= 0.3 is 0 Å². The van der Waals surface area contributed by atoms with E-state index in [2.05, 4.69) is 14.8 Å². The van der Waals surface area contributed by atoms with Crippen molar-refractivity contribution in [3.05, 3.63) is 0 Å². The molecule has 1 atom stereocenters. The summed E-state index contributed by atoms with van der Waals surface area (Å²) in [5.41, 5.74) is -0.115. The molecule has 0 aromatic heterocycles. The Morgan fingerprint density at radius 3 is 2.75 bits per heavy atom. The van der Waals surface area contributed by atoms with Gasteiger partial charge in [-0.25, -0.2) is 4.72 Å². The number of hydrogen-bond acceptors (Lipinski definition) is 4. The van der Waals surface area contributed by atoms with Crippen molar-refractivity contribution in [2.24, 2.45) is 0 Å². The van der Waals surface area contributed by atoms with Gasteiger partial charge in [-0.15, -0.1) is 0 Å². The van der Waals surface area contributed by atoms with Gasteiger partial charge < -0.3 is 10.1 Å². The van der Waals surface area contributed by atoms with Crippen molar-refractivity contribution in [3.8, 4) is 0 Å². The summed E-state index contributed by atoms with van der Waals surface area (Å²) < 4.78 is 32.7. The van der Waals surface area contributed by atoms with Crippen LogP contribution in [0.25, 0.3) is 0 Å². The molecular weight excluding hydrogens is 230 g/mol. The molecule has 1 fully saturated rings. The Hall–Kier alpha value is -0.210. The van der Waals surface area contributed by atoms with Crippen molar-refractivity contribution in [2.75, 3.05) is 33.4 Å². The average Bonchev–Trinajstić information content (AvgIpc) is 2.64.